The first kappa shape index (κ1) is 37.6. The van der Waals surface area contributed by atoms with Crippen molar-refractivity contribution >= 4 is 81.3 Å². The summed E-state index contributed by atoms with van der Waals surface area (Å²) in [5, 5.41) is 16.2. The lowest BCUT2D eigenvalue weighted by Crippen LogP contribution is -1.96. The van der Waals surface area contributed by atoms with Gasteiger partial charge in [-0.3, -0.25) is 0 Å². The van der Waals surface area contributed by atoms with Crippen molar-refractivity contribution in [3.8, 4) is 0 Å². The van der Waals surface area contributed by atoms with Crippen molar-refractivity contribution in [2.24, 2.45) is 20.5 Å². The Hall–Kier alpha value is -8.19. The smallest absolute Gasteiger partial charge is 0.346 e. The Labute approximate surface area is 321 Å². The predicted molar refractivity (Wildman–Crippen MR) is 218 cm³/mol. The summed E-state index contributed by atoms with van der Waals surface area (Å²) >= 11 is 0. The normalized spacial score (nSPS) is 12.8. The first-order valence-electron chi connectivity index (χ1n) is 16.9. The summed E-state index contributed by atoms with van der Waals surface area (Å²) in [7, 11) is 0. The maximum absolute atomic E-state index is 11.7. The molecule has 8 N–H and O–H groups in total. The Morgan fingerprint density at radius 2 is 0.714 bits per heavy atom. The van der Waals surface area contributed by atoms with Gasteiger partial charge in [-0.05, 0) is 120 Å². The van der Waals surface area contributed by atoms with Gasteiger partial charge in [-0.15, -0.1) is 0 Å². The number of azo groups is 2. The molecule has 0 aliphatic carbocycles. The molecule has 0 unspecified atom stereocenters. The van der Waals surface area contributed by atoms with E-state index in [2.05, 4.69) is 31.8 Å². The van der Waals surface area contributed by atoms with Crippen LogP contribution in [-0.4, -0.2) is 17.9 Å². The van der Waals surface area contributed by atoms with E-state index in [-0.39, 0.29) is 11.1 Å². The lowest BCUT2D eigenvalue weighted by molar-refractivity contribution is 0.0443. The van der Waals surface area contributed by atoms with Gasteiger partial charge in [0.2, 0.25) is 0 Å². The molecule has 0 fully saturated rings. The summed E-state index contributed by atoms with van der Waals surface area (Å²) in [6, 6.07) is 39.3. The maximum Gasteiger partial charge on any atom is 0.346 e. The Kier molecular flexibility index (Phi) is 11.5. The topological polar surface area (TPSA) is 223 Å². The molecule has 2 aliphatic heterocycles. The molecule has 8 rings (SSSR count). The van der Waals surface area contributed by atoms with Crippen molar-refractivity contribution in [2.75, 3.05) is 22.9 Å². The number of fused-ring (bicyclic) bond motifs is 2. The van der Waals surface area contributed by atoms with E-state index in [1.54, 1.807) is 48.5 Å². The summed E-state index contributed by atoms with van der Waals surface area (Å²) in [5.41, 5.74) is 31.3. The van der Waals surface area contributed by atoms with Crippen molar-refractivity contribution in [3.05, 3.63) is 173 Å². The van der Waals surface area contributed by atoms with E-state index in [1.165, 1.54) is 12.1 Å². The second kappa shape index (κ2) is 17.1. The first-order valence-corrected chi connectivity index (χ1v) is 16.9. The highest BCUT2D eigenvalue weighted by Crippen LogP contribution is 2.32. The fourth-order valence-corrected chi connectivity index (χ4v) is 5.08. The molecule has 0 saturated carbocycles. The molecule has 0 aromatic heterocycles. The predicted octanol–water partition coefficient (Wildman–Crippen LogP) is 9.84. The van der Waals surface area contributed by atoms with Gasteiger partial charge in [-0.2, -0.15) is 20.5 Å². The van der Waals surface area contributed by atoms with E-state index in [0.29, 0.717) is 39.6 Å². The lowest BCUT2D eigenvalue weighted by Gasteiger charge is -1.97. The molecule has 0 bridgehead atoms. The third-order valence-corrected chi connectivity index (χ3v) is 8.06. The van der Waals surface area contributed by atoms with Crippen LogP contribution in [0.5, 0.6) is 0 Å². The molecule has 6 aromatic carbocycles. The third-order valence-electron chi connectivity index (χ3n) is 8.06. The molecule has 0 atom stereocenters. The molecule has 0 amide bonds. The molecule has 13 nitrogen and oxygen atoms in total. The van der Waals surface area contributed by atoms with Crippen LogP contribution in [0.4, 0.5) is 45.5 Å². The van der Waals surface area contributed by atoms with Crippen LogP contribution in [-0.2, 0) is 9.47 Å². The minimum atomic E-state index is -0.703. The van der Waals surface area contributed by atoms with Gasteiger partial charge in [0.1, 0.15) is 5.76 Å². The zero-order valence-electron chi connectivity index (χ0n) is 29.7. The van der Waals surface area contributed by atoms with Gasteiger partial charge < -0.3 is 32.4 Å². The highest BCUT2D eigenvalue weighted by Gasteiger charge is 2.29. The van der Waals surface area contributed by atoms with Crippen LogP contribution >= 0.6 is 0 Å². The Morgan fingerprint density at radius 3 is 1.16 bits per heavy atom. The van der Waals surface area contributed by atoms with Crippen LogP contribution in [0.2, 0.25) is 0 Å². The fourth-order valence-electron chi connectivity index (χ4n) is 5.08. The van der Waals surface area contributed by atoms with Gasteiger partial charge >= 0.3 is 17.9 Å². The number of nitrogen functional groups attached to an aromatic ring is 4. The second-order valence-electron chi connectivity index (χ2n) is 12.2. The van der Waals surface area contributed by atoms with Gasteiger partial charge in [0.25, 0.3) is 0 Å². The van der Waals surface area contributed by atoms with Gasteiger partial charge in [-0.25, -0.2) is 14.4 Å². The van der Waals surface area contributed by atoms with Crippen molar-refractivity contribution in [3.63, 3.8) is 0 Å². The van der Waals surface area contributed by atoms with Gasteiger partial charge in [0.15, 0.2) is 0 Å². The maximum atomic E-state index is 11.7. The lowest BCUT2D eigenvalue weighted by atomic mass is 10.1. The molecule has 276 valence electrons. The van der Waals surface area contributed by atoms with E-state index in [1.807, 2.05) is 84.9 Å². The Bertz CT molecular complexity index is 2240. The summed E-state index contributed by atoms with van der Waals surface area (Å²) in [6.45, 7) is 3.65. The number of anilines is 4. The summed E-state index contributed by atoms with van der Waals surface area (Å²) in [4.78, 5) is 34.6. The van der Waals surface area contributed by atoms with Crippen LogP contribution in [0.25, 0.3) is 17.9 Å². The number of benzene rings is 6. The largest absolute Gasteiger partial charge is 0.423 e. The summed E-state index contributed by atoms with van der Waals surface area (Å²) in [5.74, 6) is -1.55. The first-order chi connectivity index (χ1) is 27.0. The van der Waals surface area contributed by atoms with Gasteiger partial charge in [0.05, 0.1) is 39.4 Å². The zero-order valence-corrected chi connectivity index (χ0v) is 29.7. The molecule has 2 heterocycles. The average Bonchev–Trinajstić information content (AvgIpc) is 3.66. The fraction of sp³-hybridized carbons (Fsp3) is 0. The number of hydrogen-bond acceptors (Lipinski definition) is 13. The van der Waals surface area contributed by atoms with Crippen LogP contribution in [0.3, 0.4) is 0 Å². The number of ether oxygens (including phenoxy) is 2. The minimum Gasteiger partial charge on any atom is -0.423 e. The Morgan fingerprint density at radius 1 is 0.393 bits per heavy atom. The van der Waals surface area contributed by atoms with Crippen LogP contribution in [0, 0.1) is 0 Å². The van der Waals surface area contributed by atoms with Crippen molar-refractivity contribution in [1.29, 1.82) is 0 Å². The number of esters is 3. The van der Waals surface area contributed by atoms with E-state index in [0.717, 1.165) is 33.9 Å². The number of nitrogens with zero attached hydrogens (tertiary/aromatic N) is 4. The van der Waals surface area contributed by atoms with Gasteiger partial charge in [-0.1, -0.05) is 43.0 Å². The molecular formula is C43H34N8O5. The quantitative estimate of drug-likeness (QED) is 0.0418. The minimum absolute atomic E-state index is 0.158. The monoisotopic (exact) mass is 742 g/mol. The van der Waals surface area contributed by atoms with Crippen molar-refractivity contribution < 1.29 is 23.9 Å². The van der Waals surface area contributed by atoms with Crippen LogP contribution < -0.4 is 22.9 Å². The molecular weight excluding hydrogens is 709 g/mol. The van der Waals surface area contributed by atoms with E-state index >= 15 is 0 Å². The molecule has 6 aromatic rings. The highest BCUT2D eigenvalue weighted by atomic mass is 16.6. The molecule has 56 heavy (non-hydrogen) atoms. The van der Waals surface area contributed by atoms with Crippen molar-refractivity contribution in [2.45, 2.75) is 0 Å². The highest BCUT2D eigenvalue weighted by molar-refractivity contribution is 6.15. The standard InChI is InChI=1S/C17H8N2O5.C14H14N2.C12H12N4/c1-8-11-4-2-9(6-13(11)16(21)23-8)18-19-10-3-5-12-14(7-10)17(22)24-15(12)20;15-13-7-3-11(4-8-13)1-2-12-5-9-14(16)10-6-12;13-9-1-5-11(6-2-9)15-16-12-7-3-10(14)4-8-12/h2-7H,1H2;1-10H,15-16H2;1-8H,13-14H2. The molecule has 2 aliphatic rings. The molecule has 0 saturated heterocycles. The average molecular weight is 743 g/mol. The number of hydrogen-bond donors (Lipinski definition) is 4. The number of rotatable bonds is 6. The molecule has 0 spiro atoms. The molecule has 0 radical (unpaired) electrons. The SMILES string of the molecule is C=C1OC(=O)c2cc(N=Nc3ccc4c(c3)C(=O)OC4=O)ccc21.Nc1ccc(C=Cc2ccc(N)cc2)cc1.Nc1ccc(N=Nc2ccc(N)cc2)cc1. The third kappa shape index (κ3) is 9.81. The van der Waals surface area contributed by atoms with Crippen LogP contribution in [0.15, 0.2) is 160 Å². The van der Waals surface area contributed by atoms with E-state index < -0.39 is 17.9 Å². The van der Waals surface area contributed by atoms with Crippen molar-refractivity contribution in [1.82, 2.24) is 0 Å². The summed E-state index contributed by atoms with van der Waals surface area (Å²) < 4.78 is 9.44. The zero-order chi connectivity index (χ0) is 39.6. The van der Waals surface area contributed by atoms with E-state index in [9.17, 15) is 14.4 Å². The Balaban J connectivity index is 0.000000148. The number of carbonyl (C=O) groups excluding carboxylic acids is 3. The van der Waals surface area contributed by atoms with Crippen LogP contribution in [0.1, 0.15) is 47.8 Å². The second-order valence-corrected chi connectivity index (χ2v) is 12.2. The summed E-state index contributed by atoms with van der Waals surface area (Å²) in [6.07, 6.45) is 4.09. The van der Waals surface area contributed by atoms with E-state index in [4.69, 9.17) is 27.7 Å². The molecule has 13 heteroatoms. The van der Waals surface area contributed by atoms with Gasteiger partial charge in [0, 0.05) is 28.3 Å². The number of carbonyl (C=O) groups is 3. The number of cyclic esters (lactones) is 3. The number of nitrogens with two attached hydrogens (primary N) is 4.